The lowest BCUT2D eigenvalue weighted by Gasteiger charge is -2.06. The summed E-state index contributed by atoms with van der Waals surface area (Å²) < 4.78 is 3.02. The van der Waals surface area contributed by atoms with Crippen molar-refractivity contribution < 1.29 is 1.43 Å². The zero-order valence-electron chi connectivity index (χ0n) is 18.4. The van der Waals surface area contributed by atoms with Gasteiger partial charge >= 0.3 is 0 Å². The number of para-hydroxylation sites is 1. The van der Waals surface area contributed by atoms with Gasteiger partial charge in [0.1, 0.15) is 5.69 Å². The summed E-state index contributed by atoms with van der Waals surface area (Å²) in [6.45, 7) is 14.1. The highest BCUT2D eigenvalue weighted by atomic mass is 32.1. The third-order valence-corrected chi connectivity index (χ3v) is 5.11. The van der Waals surface area contributed by atoms with E-state index in [0.29, 0.717) is 0 Å². The molecule has 1 N–H and O–H groups in total. The molecule has 158 valence electrons. The van der Waals surface area contributed by atoms with Crippen LogP contribution < -0.4 is 15.1 Å². The molecule has 0 aliphatic heterocycles. The Morgan fingerprint density at radius 3 is 2.50 bits per heavy atom. The Labute approximate surface area is 184 Å². The van der Waals surface area contributed by atoms with Crippen LogP contribution in [0.5, 0.6) is 0 Å². The Balaban J connectivity index is 0.000000910. The maximum atomic E-state index is 4.71. The van der Waals surface area contributed by atoms with Gasteiger partial charge < -0.3 is 5.32 Å². The molecule has 0 saturated carbocycles. The number of nitrogens with one attached hydrogen (secondary N) is 1. The Hall–Kier alpha value is -3.18. The molecule has 4 aromatic rings. The maximum absolute atomic E-state index is 4.71. The zero-order chi connectivity index (χ0) is 21.9. The SMILES string of the molecule is C=c1cc(-c2cnc3ccc(Nc4ccccc4)nn23)s/c1=C/C=C\C.CC.CC.[HH]. The standard InChI is InChI=1S/C21H18N4S.2C2H6.H2/c1-3-4-10-18-15(2)13-19(26-18)17-14-22-21-12-11-20(24-25(17)21)23-16-8-6-5-7-9-16;2*1-2;/h3-14H,2H2,1H3,(H,23,24);2*1-2H3;1H/b4-3-,18-10+;;;. The molecule has 0 spiro atoms. The molecule has 3 heterocycles. The lowest BCUT2D eigenvalue weighted by Crippen LogP contribution is -2.14. The summed E-state index contributed by atoms with van der Waals surface area (Å²) in [6.07, 6.45) is 7.98. The number of benzene rings is 1. The van der Waals surface area contributed by atoms with E-state index in [0.717, 1.165) is 37.5 Å². The van der Waals surface area contributed by atoms with Crippen LogP contribution in [0.3, 0.4) is 0 Å². The van der Waals surface area contributed by atoms with Gasteiger partial charge in [0.05, 0.1) is 11.1 Å². The summed E-state index contributed by atoms with van der Waals surface area (Å²) in [6, 6.07) is 16.0. The number of fused-ring (bicyclic) bond motifs is 1. The minimum atomic E-state index is 0. The van der Waals surface area contributed by atoms with Gasteiger partial charge in [0.25, 0.3) is 0 Å². The monoisotopic (exact) mass is 420 g/mol. The number of hydrogen-bond acceptors (Lipinski definition) is 4. The third-order valence-electron chi connectivity index (χ3n) is 3.94. The maximum Gasteiger partial charge on any atom is 0.154 e. The van der Waals surface area contributed by atoms with Crippen molar-refractivity contribution in [3.8, 4) is 10.6 Å². The first kappa shape index (κ1) is 23.1. The Bertz CT molecular complexity index is 1190. The first-order chi connectivity index (χ1) is 14.7. The van der Waals surface area contributed by atoms with E-state index in [1.807, 2.05) is 99.9 Å². The van der Waals surface area contributed by atoms with Crippen LogP contribution in [0.2, 0.25) is 0 Å². The van der Waals surface area contributed by atoms with Crippen molar-refractivity contribution in [3.63, 3.8) is 0 Å². The summed E-state index contributed by atoms with van der Waals surface area (Å²) >= 11 is 1.69. The number of allylic oxidation sites excluding steroid dienone is 2. The van der Waals surface area contributed by atoms with Crippen molar-refractivity contribution in [1.29, 1.82) is 0 Å². The van der Waals surface area contributed by atoms with Crippen molar-refractivity contribution in [1.82, 2.24) is 14.6 Å². The van der Waals surface area contributed by atoms with Crippen LogP contribution in [-0.4, -0.2) is 14.6 Å². The van der Waals surface area contributed by atoms with Crippen molar-refractivity contribution in [2.75, 3.05) is 5.32 Å². The van der Waals surface area contributed by atoms with Crippen LogP contribution in [0.15, 0.2) is 66.9 Å². The average Bonchev–Trinajstić information content (AvgIpc) is 3.38. The summed E-state index contributed by atoms with van der Waals surface area (Å²) in [5.41, 5.74) is 2.78. The Morgan fingerprint density at radius 2 is 1.80 bits per heavy atom. The lowest BCUT2D eigenvalue weighted by molar-refractivity contribution is 0.950. The molecule has 30 heavy (non-hydrogen) atoms. The highest BCUT2D eigenvalue weighted by Crippen LogP contribution is 2.23. The first-order valence-corrected chi connectivity index (χ1v) is 11.2. The minimum absolute atomic E-state index is 0. The fraction of sp³-hybridized carbons (Fsp3) is 0.200. The van der Waals surface area contributed by atoms with Gasteiger partial charge in [-0.05, 0) is 48.6 Å². The van der Waals surface area contributed by atoms with Gasteiger partial charge in [-0.2, -0.15) is 0 Å². The summed E-state index contributed by atoms with van der Waals surface area (Å²) in [4.78, 5) is 5.58. The van der Waals surface area contributed by atoms with Gasteiger partial charge in [0.15, 0.2) is 11.5 Å². The zero-order valence-corrected chi connectivity index (χ0v) is 19.2. The number of rotatable bonds is 4. The topological polar surface area (TPSA) is 42.2 Å². The van der Waals surface area contributed by atoms with Crippen LogP contribution in [0, 0.1) is 0 Å². The Kier molecular flexibility index (Phi) is 9.03. The molecular weight excluding hydrogens is 388 g/mol. The molecule has 3 aromatic heterocycles. The highest BCUT2D eigenvalue weighted by Gasteiger charge is 2.10. The molecule has 0 saturated heterocycles. The second-order valence-electron chi connectivity index (χ2n) is 5.82. The van der Waals surface area contributed by atoms with Crippen molar-refractivity contribution >= 4 is 41.1 Å². The predicted octanol–water partition coefficient (Wildman–Crippen LogP) is 6.27. The molecule has 0 amide bonds. The molecule has 5 heteroatoms. The summed E-state index contributed by atoms with van der Waals surface area (Å²) in [5.74, 6) is 0.773. The quantitative estimate of drug-likeness (QED) is 0.423. The van der Waals surface area contributed by atoms with E-state index in [4.69, 9.17) is 5.10 Å². The van der Waals surface area contributed by atoms with Crippen LogP contribution in [0.25, 0.3) is 28.9 Å². The number of hydrogen-bond donors (Lipinski definition) is 1. The number of anilines is 2. The molecular formula is C25H32N4S. The molecule has 0 aliphatic carbocycles. The normalized spacial score (nSPS) is 11.0. The van der Waals surface area contributed by atoms with E-state index in [2.05, 4.69) is 29.0 Å². The predicted molar refractivity (Wildman–Crippen MR) is 135 cm³/mol. The van der Waals surface area contributed by atoms with Crippen LogP contribution in [0.1, 0.15) is 36.0 Å². The van der Waals surface area contributed by atoms with Gasteiger partial charge in [-0.3, -0.25) is 0 Å². The van der Waals surface area contributed by atoms with E-state index in [1.165, 1.54) is 0 Å². The number of aromatic nitrogens is 3. The molecule has 4 rings (SSSR count). The molecule has 0 radical (unpaired) electrons. The van der Waals surface area contributed by atoms with E-state index in [-0.39, 0.29) is 1.43 Å². The average molecular weight is 421 g/mol. The largest absolute Gasteiger partial charge is 0.339 e. The van der Waals surface area contributed by atoms with Gasteiger partial charge in [0.2, 0.25) is 0 Å². The lowest BCUT2D eigenvalue weighted by atomic mass is 10.3. The van der Waals surface area contributed by atoms with E-state index < -0.39 is 0 Å². The van der Waals surface area contributed by atoms with Gasteiger partial charge in [-0.1, -0.05) is 64.6 Å². The van der Waals surface area contributed by atoms with Crippen molar-refractivity contribution in [2.24, 2.45) is 0 Å². The second kappa shape index (κ2) is 11.7. The molecule has 0 aliphatic rings. The van der Waals surface area contributed by atoms with Crippen LogP contribution >= 0.6 is 11.3 Å². The molecule has 0 bridgehead atoms. The van der Waals surface area contributed by atoms with Crippen molar-refractivity contribution in [3.05, 3.63) is 76.6 Å². The fourth-order valence-corrected chi connectivity index (χ4v) is 3.69. The molecule has 0 fully saturated rings. The molecule has 0 atom stereocenters. The minimum Gasteiger partial charge on any atom is -0.339 e. The van der Waals surface area contributed by atoms with Crippen LogP contribution in [0.4, 0.5) is 11.5 Å². The van der Waals surface area contributed by atoms with E-state index in [1.54, 1.807) is 11.3 Å². The Morgan fingerprint density at radius 1 is 1.07 bits per heavy atom. The molecule has 4 nitrogen and oxygen atoms in total. The molecule has 1 aromatic carbocycles. The number of imidazole rings is 1. The third kappa shape index (κ3) is 5.45. The number of nitrogens with zero attached hydrogens (tertiary/aromatic N) is 3. The van der Waals surface area contributed by atoms with E-state index in [9.17, 15) is 0 Å². The van der Waals surface area contributed by atoms with Gasteiger partial charge in [-0.15, -0.1) is 16.4 Å². The molecule has 0 unspecified atom stereocenters. The first-order valence-electron chi connectivity index (χ1n) is 10.3. The summed E-state index contributed by atoms with van der Waals surface area (Å²) in [7, 11) is 0. The number of thiophene rings is 1. The van der Waals surface area contributed by atoms with Crippen LogP contribution in [-0.2, 0) is 0 Å². The van der Waals surface area contributed by atoms with Gasteiger partial charge in [-0.25, -0.2) is 9.50 Å². The van der Waals surface area contributed by atoms with Gasteiger partial charge in [0, 0.05) is 11.6 Å². The fourth-order valence-electron chi connectivity index (χ4n) is 2.67. The highest BCUT2D eigenvalue weighted by molar-refractivity contribution is 7.13. The second-order valence-corrected chi connectivity index (χ2v) is 6.90. The van der Waals surface area contributed by atoms with Crippen molar-refractivity contribution in [2.45, 2.75) is 34.6 Å². The summed E-state index contributed by atoms with van der Waals surface area (Å²) in [5, 5.41) is 9.05. The van der Waals surface area contributed by atoms with E-state index >= 15 is 0 Å². The smallest absolute Gasteiger partial charge is 0.154 e.